The number of carbonyl (C=O) groups excluding carboxylic acids is 1. The molecule has 2 aliphatic rings. The monoisotopic (exact) mass is 202 g/mol. The normalized spacial score (nSPS) is 28.1. The first-order valence-corrected chi connectivity index (χ1v) is 5.46. The van der Waals surface area contributed by atoms with Crippen LogP contribution in [0, 0.1) is 0 Å². The van der Waals surface area contributed by atoms with Crippen LogP contribution in [0.4, 0.5) is 0 Å². The van der Waals surface area contributed by atoms with E-state index in [1.165, 1.54) is 0 Å². The lowest BCUT2D eigenvalue weighted by Crippen LogP contribution is -2.45. The Balaban J connectivity index is 2.24. The van der Waals surface area contributed by atoms with E-state index in [1.807, 2.05) is 23.1 Å². The summed E-state index contributed by atoms with van der Waals surface area (Å²) in [4.78, 5) is 14.1. The molecule has 3 rings (SSSR count). The van der Waals surface area contributed by atoms with E-state index in [1.54, 1.807) is 0 Å². The fourth-order valence-corrected chi connectivity index (χ4v) is 2.86. The standard InChI is InChI=1S/C12H14N2O/c1-2-12-10-6-4-3-5-9(10)11(15)14(12)8-7-13-12/h3-6,13H,2,7-8H2,1H3. The van der Waals surface area contributed by atoms with Crippen LogP contribution in [0.15, 0.2) is 24.3 Å². The lowest BCUT2D eigenvalue weighted by molar-refractivity contribution is 0.0622. The number of hydrogen-bond acceptors (Lipinski definition) is 2. The van der Waals surface area contributed by atoms with Crippen LogP contribution >= 0.6 is 0 Å². The van der Waals surface area contributed by atoms with Crippen molar-refractivity contribution in [2.24, 2.45) is 0 Å². The van der Waals surface area contributed by atoms with Crippen molar-refractivity contribution in [2.75, 3.05) is 13.1 Å². The zero-order valence-electron chi connectivity index (χ0n) is 8.79. The molecule has 1 amide bonds. The van der Waals surface area contributed by atoms with Crippen molar-refractivity contribution in [3.8, 4) is 0 Å². The number of rotatable bonds is 1. The average molecular weight is 202 g/mol. The largest absolute Gasteiger partial charge is 0.315 e. The van der Waals surface area contributed by atoms with Gasteiger partial charge in [-0.05, 0) is 12.5 Å². The summed E-state index contributed by atoms with van der Waals surface area (Å²) in [5, 5.41) is 3.47. The van der Waals surface area contributed by atoms with Gasteiger partial charge in [-0.15, -0.1) is 0 Å². The average Bonchev–Trinajstić information content (AvgIpc) is 2.80. The van der Waals surface area contributed by atoms with E-state index in [0.717, 1.165) is 30.6 Å². The molecule has 1 unspecified atom stereocenters. The van der Waals surface area contributed by atoms with Crippen molar-refractivity contribution in [2.45, 2.75) is 19.0 Å². The molecule has 3 nitrogen and oxygen atoms in total. The SMILES string of the molecule is CCC12NCCN1C(=O)c1ccccc12. The predicted molar refractivity (Wildman–Crippen MR) is 57.5 cm³/mol. The summed E-state index contributed by atoms with van der Waals surface area (Å²) in [6, 6.07) is 7.93. The minimum atomic E-state index is -0.215. The zero-order valence-corrected chi connectivity index (χ0v) is 8.79. The van der Waals surface area contributed by atoms with Crippen LogP contribution in [0.1, 0.15) is 29.3 Å². The fourth-order valence-electron chi connectivity index (χ4n) is 2.86. The molecule has 78 valence electrons. The number of nitrogens with zero attached hydrogens (tertiary/aromatic N) is 1. The van der Waals surface area contributed by atoms with E-state index in [9.17, 15) is 4.79 Å². The van der Waals surface area contributed by atoms with Crippen molar-refractivity contribution in [1.29, 1.82) is 0 Å². The second kappa shape index (κ2) is 2.83. The highest BCUT2D eigenvalue weighted by Crippen LogP contribution is 2.41. The summed E-state index contributed by atoms with van der Waals surface area (Å²) in [5.74, 6) is 0.178. The Hall–Kier alpha value is -1.35. The van der Waals surface area contributed by atoms with Crippen molar-refractivity contribution in [3.63, 3.8) is 0 Å². The highest BCUT2D eigenvalue weighted by Gasteiger charge is 2.50. The second-order valence-corrected chi connectivity index (χ2v) is 4.14. The van der Waals surface area contributed by atoms with Crippen LogP contribution in [0.25, 0.3) is 0 Å². The zero-order chi connectivity index (χ0) is 10.5. The summed E-state index contributed by atoms with van der Waals surface area (Å²) in [6.07, 6.45) is 0.926. The number of amides is 1. The predicted octanol–water partition coefficient (Wildman–Crippen LogP) is 1.31. The van der Waals surface area contributed by atoms with Crippen molar-refractivity contribution in [1.82, 2.24) is 10.2 Å². The van der Waals surface area contributed by atoms with Gasteiger partial charge in [-0.3, -0.25) is 10.1 Å². The van der Waals surface area contributed by atoms with Crippen LogP contribution < -0.4 is 5.32 Å². The van der Waals surface area contributed by atoms with Gasteiger partial charge in [0.1, 0.15) is 5.66 Å². The lowest BCUT2D eigenvalue weighted by Gasteiger charge is -2.31. The van der Waals surface area contributed by atoms with Crippen LogP contribution in [0.5, 0.6) is 0 Å². The Morgan fingerprint density at radius 1 is 1.47 bits per heavy atom. The maximum absolute atomic E-state index is 12.1. The molecule has 3 heteroatoms. The molecular formula is C12H14N2O. The Bertz CT molecular complexity index is 429. The van der Waals surface area contributed by atoms with E-state index < -0.39 is 0 Å². The molecule has 2 aliphatic heterocycles. The molecule has 0 aromatic heterocycles. The molecule has 0 spiro atoms. The van der Waals surface area contributed by atoms with Gasteiger partial charge in [0.2, 0.25) is 0 Å². The van der Waals surface area contributed by atoms with Crippen LogP contribution in [0.2, 0.25) is 0 Å². The first-order valence-electron chi connectivity index (χ1n) is 5.46. The molecule has 0 bridgehead atoms. The molecule has 0 radical (unpaired) electrons. The van der Waals surface area contributed by atoms with E-state index in [4.69, 9.17) is 0 Å². The smallest absolute Gasteiger partial charge is 0.256 e. The van der Waals surface area contributed by atoms with E-state index in [-0.39, 0.29) is 11.6 Å². The molecule has 1 aromatic rings. The van der Waals surface area contributed by atoms with Gasteiger partial charge in [-0.25, -0.2) is 0 Å². The number of carbonyl (C=O) groups is 1. The summed E-state index contributed by atoms with van der Waals surface area (Å²) < 4.78 is 0. The maximum Gasteiger partial charge on any atom is 0.256 e. The minimum Gasteiger partial charge on any atom is -0.315 e. The Morgan fingerprint density at radius 3 is 3.07 bits per heavy atom. The molecule has 1 aromatic carbocycles. The number of fused-ring (bicyclic) bond motifs is 3. The molecule has 1 fully saturated rings. The second-order valence-electron chi connectivity index (χ2n) is 4.14. The van der Waals surface area contributed by atoms with Gasteiger partial charge in [-0.2, -0.15) is 0 Å². The quantitative estimate of drug-likeness (QED) is 0.744. The Labute approximate surface area is 89.1 Å². The van der Waals surface area contributed by atoms with E-state index in [2.05, 4.69) is 18.3 Å². The fraction of sp³-hybridized carbons (Fsp3) is 0.417. The van der Waals surface area contributed by atoms with Gasteiger partial charge in [0.25, 0.3) is 5.91 Å². The van der Waals surface area contributed by atoms with Gasteiger partial charge >= 0.3 is 0 Å². The lowest BCUT2D eigenvalue weighted by atomic mass is 9.96. The number of hydrogen-bond donors (Lipinski definition) is 1. The van der Waals surface area contributed by atoms with Gasteiger partial charge in [0.15, 0.2) is 0 Å². The molecule has 1 N–H and O–H groups in total. The third-order valence-corrected chi connectivity index (χ3v) is 3.57. The highest BCUT2D eigenvalue weighted by atomic mass is 16.2. The van der Waals surface area contributed by atoms with Crippen molar-refractivity contribution in [3.05, 3.63) is 35.4 Å². The third kappa shape index (κ3) is 0.913. The molecule has 1 atom stereocenters. The van der Waals surface area contributed by atoms with Crippen LogP contribution in [-0.2, 0) is 5.66 Å². The summed E-state index contributed by atoms with van der Waals surface area (Å²) in [6.45, 7) is 3.84. The first kappa shape index (κ1) is 8.92. The van der Waals surface area contributed by atoms with Crippen LogP contribution in [0.3, 0.4) is 0 Å². The topological polar surface area (TPSA) is 32.3 Å². The third-order valence-electron chi connectivity index (χ3n) is 3.57. The van der Waals surface area contributed by atoms with Crippen LogP contribution in [-0.4, -0.2) is 23.9 Å². The minimum absolute atomic E-state index is 0.178. The first-order chi connectivity index (χ1) is 7.29. The maximum atomic E-state index is 12.1. The van der Waals surface area contributed by atoms with Crippen molar-refractivity contribution >= 4 is 5.91 Å². The van der Waals surface area contributed by atoms with Gasteiger partial charge in [0.05, 0.1) is 0 Å². The van der Waals surface area contributed by atoms with Gasteiger partial charge < -0.3 is 4.90 Å². The van der Waals surface area contributed by atoms with E-state index in [0.29, 0.717) is 0 Å². The molecule has 0 saturated carbocycles. The highest BCUT2D eigenvalue weighted by molar-refractivity contribution is 6.00. The number of benzene rings is 1. The molecule has 15 heavy (non-hydrogen) atoms. The Morgan fingerprint density at radius 2 is 2.27 bits per heavy atom. The molecular weight excluding hydrogens is 188 g/mol. The summed E-state index contributed by atoms with van der Waals surface area (Å²) in [5.41, 5.74) is 1.80. The molecule has 2 heterocycles. The van der Waals surface area contributed by atoms with Gasteiger partial charge in [-0.1, -0.05) is 25.1 Å². The van der Waals surface area contributed by atoms with Crippen molar-refractivity contribution < 1.29 is 4.79 Å². The number of nitrogens with one attached hydrogen (secondary N) is 1. The summed E-state index contributed by atoms with van der Waals surface area (Å²) in [7, 11) is 0. The Kier molecular flexibility index (Phi) is 1.68. The molecule has 1 saturated heterocycles. The molecule has 0 aliphatic carbocycles. The summed E-state index contributed by atoms with van der Waals surface area (Å²) >= 11 is 0. The van der Waals surface area contributed by atoms with Gasteiger partial charge in [0, 0.05) is 24.2 Å². The van der Waals surface area contributed by atoms with E-state index >= 15 is 0 Å².